The lowest BCUT2D eigenvalue weighted by atomic mass is 10.4. The second-order valence-corrected chi connectivity index (χ2v) is 22.5. The third-order valence-electron chi connectivity index (χ3n) is 8.66. The summed E-state index contributed by atoms with van der Waals surface area (Å²) in [6, 6.07) is 0. The maximum Gasteiger partial charge on any atom is 0.171 e. The summed E-state index contributed by atoms with van der Waals surface area (Å²) in [5, 5.41) is 78.5. The fourth-order valence-corrected chi connectivity index (χ4v) is 14.5. The topological polar surface area (TPSA) is 271 Å². The lowest BCUT2D eigenvalue weighted by Crippen LogP contribution is -1.94. The van der Waals surface area contributed by atoms with Gasteiger partial charge in [0, 0.05) is 98.9 Å². The van der Waals surface area contributed by atoms with E-state index in [4.69, 9.17) is 29.9 Å². The van der Waals surface area contributed by atoms with Gasteiger partial charge in [0.2, 0.25) is 0 Å². The molecule has 2 aliphatic rings. The first-order valence-electron chi connectivity index (χ1n) is 21.2. The Morgan fingerprint density at radius 2 is 0.469 bits per heavy atom. The van der Waals surface area contributed by atoms with Crippen LogP contribution in [0.25, 0.3) is 42.2 Å². The molecule has 0 saturated heterocycles. The van der Waals surface area contributed by atoms with E-state index in [-0.39, 0.29) is 52.9 Å². The van der Waals surface area contributed by atoms with Crippen LogP contribution in [0, 0.1) is 0 Å². The number of aliphatic hydroxyl groups is 8. The highest BCUT2D eigenvalue weighted by Gasteiger charge is 2.29. The number of nitrogens with zero attached hydrogens (tertiary/aromatic N) is 6. The molecule has 0 spiro atoms. The number of aromatic nitrogens is 8. The molecule has 24 heteroatoms. The van der Waals surface area contributed by atoms with Crippen LogP contribution in [0.1, 0.15) is 74.7 Å². The molecule has 0 aromatic carbocycles. The second-order valence-electron chi connectivity index (χ2n) is 13.6. The third-order valence-corrected chi connectivity index (χ3v) is 18.6. The zero-order valence-corrected chi connectivity index (χ0v) is 42.0. The molecule has 16 nitrogen and oxygen atoms in total. The van der Waals surface area contributed by atoms with Gasteiger partial charge in [-0.3, -0.25) is 0 Å². The Morgan fingerprint density at radius 1 is 0.266 bits per heavy atom. The highest BCUT2D eigenvalue weighted by atomic mass is 32.2. The summed E-state index contributed by atoms with van der Waals surface area (Å²) < 4.78 is 0. The van der Waals surface area contributed by atoms with Gasteiger partial charge in [-0.2, -0.15) is 0 Å². The molecule has 10 N–H and O–H groups in total. The first-order chi connectivity index (χ1) is 31.5. The van der Waals surface area contributed by atoms with Gasteiger partial charge in [-0.15, -0.1) is 94.1 Å². The fourth-order valence-electron chi connectivity index (χ4n) is 5.70. The van der Waals surface area contributed by atoms with Crippen LogP contribution in [-0.2, 0) is 0 Å². The highest BCUT2D eigenvalue weighted by Crippen LogP contribution is 2.47. The van der Waals surface area contributed by atoms with Gasteiger partial charge in [-0.25, -0.2) is 29.9 Å². The molecule has 0 fully saturated rings. The zero-order chi connectivity index (χ0) is 45.5. The zero-order valence-electron chi connectivity index (χ0n) is 35.5. The molecule has 0 atom stereocenters. The number of thioether (sulfide) groups is 8. The van der Waals surface area contributed by atoms with Crippen molar-refractivity contribution >= 4 is 136 Å². The van der Waals surface area contributed by atoms with E-state index in [9.17, 15) is 40.9 Å². The van der Waals surface area contributed by atoms with E-state index in [0.717, 1.165) is 39.2 Å². The summed E-state index contributed by atoms with van der Waals surface area (Å²) in [7, 11) is 0. The normalized spacial score (nSPS) is 13.0. The van der Waals surface area contributed by atoms with Crippen molar-refractivity contribution in [1.82, 2.24) is 39.9 Å². The van der Waals surface area contributed by atoms with Crippen molar-refractivity contribution in [3.63, 3.8) is 0 Å². The van der Waals surface area contributed by atoms with E-state index in [2.05, 4.69) is 9.97 Å². The van der Waals surface area contributed by atoms with Gasteiger partial charge in [-0.1, -0.05) is 0 Å². The fraction of sp³-hybridized carbons (Fsp3) is 0.600. The molecule has 0 radical (unpaired) electrons. The van der Waals surface area contributed by atoms with Gasteiger partial charge in [0.05, 0.1) is 39.2 Å². The Bertz CT molecular complexity index is 2020. The predicted molar refractivity (Wildman–Crippen MR) is 272 cm³/mol. The Balaban J connectivity index is 1.99. The van der Waals surface area contributed by atoms with E-state index in [1.54, 1.807) is 47.0 Å². The average Bonchev–Trinajstić information content (AvgIpc) is 3.99. The summed E-state index contributed by atoms with van der Waals surface area (Å²) in [6.07, 6.45) is 4.32. The van der Waals surface area contributed by atoms with E-state index in [0.29, 0.717) is 143 Å². The van der Waals surface area contributed by atoms with Crippen molar-refractivity contribution in [2.45, 2.75) is 70.9 Å². The number of hydrogen-bond donors (Lipinski definition) is 10. The van der Waals surface area contributed by atoms with Crippen LogP contribution in [-0.4, -0.2) is 180 Å². The Morgan fingerprint density at radius 3 is 0.703 bits per heavy atom. The van der Waals surface area contributed by atoms with Gasteiger partial charge in [0.1, 0.15) is 22.6 Å². The largest absolute Gasteiger partial charge is 0.396 e. The van der Waals surface area contributed by atoms with Crippen molar-refractivity contribution < 1.29 is 40.9 Å². The van der Waals surface area contributed by atoms with Crippen LogP contribution in [0.4, 0.5) is 0 Å². The minimum Gasteiger partial charge on any atom is -0.396 e. The Hall–Kier alpha value is -1.20. The molecular weight excluding hydrogens is 977 g/mol. The summed E-state index contributed by atoms with van der Waals surface area (Å²) >= 11 is 12.3. The van der Waals surface area contributed by atoms with Crippen LogP contribution >= 0.6 is 94.1 Å². The minimum atomic E-state index is 0.00925. The van der Waals surface area contributed by atoms with Crippen molar-refractivity contribution in [1.29, 1.82) is 0 Å². The molecule has 0 amide bonds. The predicted octanol–water partition coefficient (Wildman–Crippen LogP) is 5.91. The standard InChI is InChI=1S/C40H58N8O8S8/c49-9-1-17-57-25-26(58-18-2-10-50)34-41-33(25)45-35-27(59-19-3-11-51)28(60-20-4-12-52)37(42-35)47-39-31(63-23-7-15-55)32(64-24-8-16-56)40(44-39)48-38-30(62-22-6-14-54)29(36(43-38)46-34)61-21-5-13-53/h49-56H,1-24H2,(H2,41,42,43,44,45,46,47,48). The van der Waals surface area contributed by atoms with E-state index < -0.39 is 0 Å². The van der Waals surface area contributed by atoms with Gasteiger partial charge in [0.15, 0.2) is 23.3 Å². The number of fused-ring (bicyclic) bond motifs is 8. The molecule has 5 rings (SSSR count). The summed E-state index contributed by atoms with van der Waals surface area (Å²) in [5.41, 5.74) is 2.09. The molecular formula is C40H58N8O8S8. The Kier molecular flexibility index (Phi) is 25.5. The molecule has 3 aromatic heterocycles. The molecule has 64 heavy (non-hydrogen) atoms. The first-order valence-corrected chi connectivity index (χ1v) is 29.0. The van der Waals surface area contributed by atoms with Gasteiger partial charge >= 0.3 is 0 Å². The maximum atomic E-state index is 9.81. The van der Waals surface area contributed by atoms with Crippen LogP contribution < -0.4 is 0 Å². The average molecular weight is 1040 g/mol. The van der Waals surface area contributed by atoms with E-state index >= 15 is 0 Å². The number of nitrogens with one attached hydrogen (secondary N) is 2. The third kappa shape index (κ3) is 15.4. The van der Waals surface area contributed by atoms with Crippen LogP contribution in [0.2, 0.25) is 0 Å². The number of aliphatic hydroxyl groups excluding tert-OH is 8. The molecule has 0 aliphatic carbocycles. The number of hydrogen-bond acceptors (Lipinski definition) is 22. The van der Waals surface area contributed by atoms with Crippen molar-refractivity contribution in [2.24, 2.45) is 0 Å². The van der Waals surface area contributed by atoms with Crippen molar-refractivity contribution in [3.05, 3.63) is 23.3 Å². The summed E-state index contributed by atoms with van der Waals surface area (Å²) in [4.78, 5) is 44.7. The second kappa shape index (κ2) is 30.3. The van der Waals surface area contributed by atoms with Crippen molar-refractivity contribution in [2.75, 3.05) is 98.9 Å². The highest BCUT2D eigenvalue weighted by molar-refractivity contribution is 8.14. The SMILES string of the molecule is OCCCSC1=C(SCCCO)c2nc1nc1nc(nc3[nH]c(nc4[nH]c(n2)c(SCCCO)c4SCCCO)c(SCCCO)c3SCCCO)C(SCCCO)=C1SCCCO. The molecule has 0 saturated carbocycles. The van der Waals surface area contributed by atoms with Gasteiger partial charge in [-0.05, 0) is 51.4 Å². The van der Waals surface area contributed by atoms with Crippen LogP contribution in [0.3, 0.4) is 0 Å². The quantitative estimate of drug-likeness (QED) is 0.0257. The van der Waals surface area contributed by atoms with Gasteiger partial charge < -0.3 is 50.8 Å². The first kappa shape index (κ1) is 53.8. The maximum absolute atomic E-state index is 9.81. The molecule has 8 bridgehead atoms. The van der Waals surface area contributed by atoms with E-state index in [1.165, 1.54) is 47.0 Å². The number of rotatable bonds is 32. The number of H-pyrrole nitrogens is 2. The smallest absolute Gasteiger partial charge is 0.171 e. The monoisotopic (exact) mass is 1030 g/mol. The lowest BCUT2D eigenvalue weighted by molar-refractivity contribution is 0.296. The molecule has 3 aromatic rings. The Labute approximate surface area is 407 Å². The molecule has 0 unspecified atom stereocenters. The van der Waals surface area contributed by atoms with Crippen molar-refractivity contribution in [3.8, 4) is 0 Å². The van der Waals surface area contributed by atoms with Gasteiger partial charge in [0.25, 0.3) is 0 Å². The lowest BCUT2D eigenvalue weighted by Gasteiger charge is -2.08. The molecule has 2 aliphatic heterocycles. The van der Waals surface area contributed by atoms with Crippen LogP contribution in [0.15, 0.2) is 19.6 Å². The summed E-state index contributed by atoms with van der Waals surface area (Å²) in [5.74, 6) is 6.34. The summed E-state index contributed by atoms with van der Waals surface area (Å²) in [6.45, 7) is 0.108. The van der Waals surface area contributed by atoms with E-state index in [1.807, 2.05) is 0 Å². The minimum absolute atomic E-state index is 0.00925. The molecule has 5 heterocycles. The number of aromatic amines is 2. The molecule has 354 valence electrons. The van der Waals surface area contributed by atoms with Crippen LogP contribution in [0.5, 0.6) is 0 Å².